The second-order valence-corrected chi connectivity index (χ2v) is 8.23. The Morgan fingerprint density at radius 1 is 1.23 bits per heavy atom. The van der Waals surface area contributed by atoms with Gasteiger partial charge < -0.3 is 20.3 Å². The van der Waals surface area contributed by atoms with Crippen molar-refractivity contribution in [3.63, 3.8) is 0 Å². The number of hydrogen-bond acceptors (Lipinski definition) is 5. The lowest BCUT2D eigenvalue weighted by atomic mass is 10.3. The van der Waals surface area contributed by atoms with E-state index in [1.807, 2.05) is 0 Å². The summed E-state index contributed by atoms with van der Waals surface area (Å²) in [6, 6.07) is -0.141. The molecule has 2 aliphatic heterocycles. The zero-order valence-electron chi connectivity index (χ0n) is 12.7. The van der Waals surface area contributed by atoms with Crippen LogP contribution < -0.4 is 10.6 Å². The summed E-state index contributed by atoms with van der Waals surface area (Å²) >= 11 is 0. The molecule has 1 unspecified atom stereocenters. The molecule has 0 radical (unpaired) electrons. The molecule has 0 aromatic heterocycles. The van der Waals surface area contributed by atoms with Crippen LogP contribution in [0.5, 0.6) is 0 Å². The van der Waals surface area contributed by atoms with Crippen LogP contribution in [0.15, 0.2) is 0 Å². The molecule has 3 rings (SSSR count). The molecule has 1 saturated carbocycles. The van der Waals surface area contributed by atoms with Gasteiger partial charge >= 0.3 is 6.03 Å². The predicted octanol–water partition coefficient (Wildman–Crippen LogP) is -1.21. The van der Waals surface area contributed by atoms with Crippen molar-refractivity contribution in [3.8, 4) is 0 Å². The van der Waals surface area contributed by atoms with Crippen LogP contribution in [-0.2, 0) is 14.8 Å². The highest BCUT2D eigenvalue weighted by Crippen LogP contribution is 2.31. The molecule has 0 aromatic carbocycles. The van der Waals surface area contributed by atoms with Crippen molar-refractivity contribution < 1.29 is 17.9 Å². The number of hydrogen-bond donors (Lipinski definition) is 2. The Labute approximate surface area is 131 Å². The van der Waals surface area contributed by atoms with Crippen LogP contribution in [0.4, 0.5) is 4.79 Å². The van der Waals surface area contributed by atoms with Gasteiger partial charge in [0.1, 0.15) is 0 Å². The number of rotatable bonds is 4. The Hall–Kier alpha value is -0.900. The number of piperazine rings is 1. The molecule has 1 aliphatic carbocycles. The SMILES string of the molecule is O=C(NCC1CNCCO1)N1CCN(S(=O)(=O)C2CC2)CC1. The largest absolute Gasteiger partial charge is 0.374 e. The van der Waals surface area contributed by atoms with Gasteiger partial charge in [-0.2, -0.15) is 4.31 Å². The molecule has 8 nitrogen and oxygen atoms in total. The van der Waals surface area contributed by atoms with E-state index in [9.17, 15) is 13.2 Å². The van der Waals surface area contributed by atoms with Crippen molar-refractivity contribution in [2.24, 2.45) is 0 Å². The smallest absolute Gasteiger partial charge is 0.317 e. The maximum atomic E-state index is 12.1. The Bertz CT molecular complexity index is 494. The van der Waals surface area contributed by atoms with E-state index in [2.05, 4.69) is 10.6 Å². The molecule has 22 heavy (non-hydrogen) atoms. The van der Waals surface area contributed by atoms with E-state index in [1.54, 1.807) is 4.90 Å². The molecule has 3 fully saturated rings. The number of urea groups is 1. The monoisotopic (exact) mass is 332 g/mol. The number of amides is 2. The fraction of sp³-hybridized carbons (Fsp3) is 0.923. The first-order chi connectivity index (χ1) is 10.6. The van der Waals surface area contributed by atoms with Gasteiger partial charge in [0.15, 0.2) is 0 Å². The van der Waals surface area contributed by atoms with E-state index in [4.69, 9.17) is 4.74 Å². The lowest BCUT2D eigenvalue weighted by molar-refractivity contribution is 0.0297. The quantitative estimate of drug-likeness (QED) is 0.674. The first-order valence-electron chi connectivity index (χ1n) is 7.91. The van der Waals surface area contributed by atoms with Crippen LogP contribution in [0.3, 0.4) is 0 Å². The molecule has 2 heterocycles. The van der Waals surface area contributed by atoms with Crippen molar-refractivity contribution in [3.05, 3.63) is 0 Å². The average Bonchev–Trinajstić information content (AvgIpc) is 3.39. The number of sulfonamides is 1. The highest BCUT2D eigenvalue weighted by Gasteiger charge is 2.41. The Kier molecular flexibility index (Phi) is 4.86. The predicted molar refractivity (Wildman–Crippen MR) is 81.1 cm³/mol. The number of nitrogens with one attached hydrogen (secondary N) is 2. The zero-order chi connectivity index (χ0) is 15.6. The lowest BCUT2D eigenvalue weighted by Gasteiger charge is -2.34. The van der Waals surface area contributed by atoms with Gasteiger partial charge in [-0.15, -0.1) is 0 Å². The third-order valence-corrected chi connectivity index (χ3v) is 6.72. The topological polar surface area (TPSA) is 91.0 Å². The van der Waals surface area contributed by atoms with Crippen LogP contribution in [0.1, 0.15) is 12.8 Å². The minimum absolute atomic E-state index is 0.00855. The molecular weight excluding hydrogens is 308 g/mol. The maximum Gasteiger partial charge on any atom is 0.317 e. The van der Waals surface area contributed by atoms with Gasteiger partial charge in [0.05, 0.1) is 18.0 Å². The summed E-state index contributed by atoms with van der Waals surface area (Å²) in [5, 5.41) is 5.90. The highest BCUT2D eigenvalue weighted by molar-refractivity contribution is 7.90. The Balaban J connectivity index is 1.41. The number of nitrogens with zero attached hydrogens (tertiary/aromatic N) is 2. The van der Waals surface area contributed by atoms with Crippen molar-refractivity contribution in [1.82, 2.24) is 19.8 Å². The summed E-state index contributed by atoms with van der Waals surface area (Å²) in [4.78, 5) is 13.8. The summed E-state index contributed by atoms with van der Waals surface area (Å²) in [5.41, 5.74) is 0. The molecule has 2 N–H and O–H groups in total. The Morgan fingerprint density at radius 2 is 1.95 bits per heavy atom. The van der Waals surface area contributed by atoms with E-state index in [1.165, 1.54) is 4.31 Å². The molecular formula is C13H24N4O4S. The minimum Gasteiger partial charge on any atom is -0.374 e. The Morgan fingerprint density at radius 3 is 2.55 bits per heavy atom. The number of carbonyl (C=O) groups is 1. The molecule has 0 spiro atoms. The number of carbonyl (C=O) groups excluding carboxylic acids is 1. The van der Waals surface area contributed by atoms with Crippen LogP contribution in [0, 0.1) is 0 Å². The molecule has 1 atom stereocenters. The van der Waals surface area contributed by atoms with Gasteiger partial charge in [-0.3, -0.25) is 0 Å². The molecule has 3 aliphatic rings. The van der Waals surface area contributed by atoms with Gasteiger partial charge in [0.25, 0.3) is 0 Å². The molecule has 2 saturated heterocycles. The third kappa shape index (κ3) is 3.70. The molecule has 9 heteroatoms. The van der Waals surface area contributed by atoms with Crippen LogP contribution >= 0.6 is 0 Å². The summed E-state index contributed by atoms with van der Waals surface area (Å²) < 4.78 is 31.3. The molecule has 126 valence electrons. The second-order valence-electron chi connectivity index (χ2n) is 6.01. The highest BCUT2D eigenvalue weighted by atomic mass is 32.2. The third-order valence-electron chi connectivity index (χ3n) is 4.32. The van der Waals surface area contributed by atoms with Gasteiger partial charge in [-0.25, -0.2) is 13.2 Å². The fourth-order valence-electron chi connectivity index (χ4n) is 2.79. The number of morpholine rings is 1. The van der Waals surface area contributed by atoms with Gasteiger partial charge in [0.2, 0.25) is 10.0 Å². The number of ether oxygens (including phenoxy) is 1. The molecule has 2 amide bonds. The minimum atomic E-state index is -3.12. The summed E-state index contributed by atoms with van der Waals surface area (Å²) in [7, 11) is -3.12. The summed E-state index contributed by atoms with van der Waals surface area (Å²) in [5.74, 6) is 0. The van der Waals surface area contributed by atoms with E-state index >= 15 is 0 Å². The van der Waals surface area contributed by atoms with Gasteiger partial charge in [-0.1, -0.05) is 0 Å². The van der Waals surface area contributed by atoms with Crippen LogP contribution in [-0.4, -0.2) is 87.4 Å². The standard InChI is InChI=1S/C13H24N4O4S/c18-13(15-10-11-9-14-3-8-21-11)16-4-6-17(7-5-16)22(19,20)12-1-2-12/h11-12,14H,1-10H2,(H,15,18). The van der Waals surface area contributed by atoms with Crippen LogP contribution in [0.2, 0.25) is 0 Å². The van der Waals surface area contributed by atoms with Crippen molar-refractivity contribution >= 4 is 16.1 Å². The van der Waals surface area contributed by atoms with E-state index in [0.29, 0.717) is 39.3 Å². The zero-order valence-corrected chi connectivity index (χ0v) is 13.5. The van der Waals surface area contributed by atoms with Crippen molar-refractivity contribution in [2.75, 3.05) is 52.4 Å². The first-order valence-corrected chi connectivity index (χ1v) is 9.42. The lowest BCUT2D eigenvalue weighted by Crippen LogP contribution is -2.55. The summed E-state index contributed by atoms with van der Waals surface area (Å²) in [6.07, 6.45) is 1.56. The van der Waals surface area contributed by atoms with E-state index in [0.717, 1.165) is 25.9 Å². The van der Waals surface area contributed by atoms with Crippen molar-refractivity contribution in [1.29, 1.82) is 0 Å². The van der Waals surface area contributed by atoms with E-state index < -0.39 is 10.0 Å². The van der Waals surface area contributed by atoms with Gasteiger partial charge in [0, 0.05) is 45.8 Å². The van der Waals surface area contributed by atoms with Crippen LogP contribution in [0.25, 0.3) is 0 Å². The average molecular weight is 332 g/mol. The van der Waals surface area contributed by atoms with Gasteiger partial charge in [-0.05, 0) is 12.8 Å². The van der Waals surface area contributed by atoms with Crippen molar-refractivity contribution in [2.45, 2.75) is 24.2 Å². The normalized spacial score (nSPS) is 27.6. The maximum absolute atomic E-state index is 12.1. The molecule has 0 aromatic rings. The fourth-order valence-corrected chi connectivity index (χ4v) is 4.61. The van der Waals surface area contributed by atoms with E-state index in [-0.39, 0.29) is 17.4 Å². The summed E-state index contributed by atoms with van der Waals surface area (Å²) in [6.45, 7) is 4.42. The first kappa shape index (κ1) is 16.0. The second kappa shape index (κ2) is 6.69. The molecule has 0 bridgehead atoms.